The molecule has 78 valence electrons. The van der Waals surface area contributed by atoms with E-state index < -0.39 is 6.17 Å². The lowest BCUT2D eigenvalue weighted by molar-refractivity contribution is 0.0591. The van der Waals surface area contributed by atoms with Crippen LogP contribution < -0.4 is 0 Å². The Hall–Kier alpha value is -1.42. The molecule has 15 heavy (non-hydrogen) atoms. The summed E-state index contributed by atoms with van der Waals surface area (Å²) in [7, 11) is 0. The van der Waals surface area contributed by atoms with Gasteiger partial charge in [-0.25, -0.2) is 9.37 Å². The number of halogens is 1. The van der Waals surface area contributed by atoms with Crippen LogP contribution in [0.25, 0.3) is 5.65 Å². The Balaban J connectivity index is 1.79. The summed E-state index contributed by atoms with van der Waals surface area (Å²) in [6.45, 7) is 1.96. The van der Waals surface area contributed by atoms with Crippen molar-refractivity contribution in [1.29, 1.82) is 0 Å². The monoisotopic (exact) mass is 205 g/mol. The zero-order chi connectivity index (χ0) is 10.3. The van der Waals surface area contributed by atoms with Crippen molar-refractivity contribution in [2.75, 3.05) is 13.1 Å². The second-order valence-electron chi connectivity index (χ2n) is 4.02. The van der Waals surface area contributed by atoms with Gasteiger partial charge in [-0.05, 0) is 17.7 Å². The first kappa shape index (κ1) is 8.85. The number of imidazole rings is 1. The molecule has 1 aliphatic rings. The van der Waals surface area contributed by atoms with Crippen LogP contribution in [0.5, 0.6) is 0 Å². The van der Waals surface area contributed by atoms with Gasteiger partial charge in [0, 0.05) is 38.2 Å². The molecule has 0 bridgehead atoms. The summed E-state index contributed by atoms with van der Waals surface area (Å²) in [5, 5.41) is 0. The van der Waals surface area contributed by atoms with Crippen LogP contribution in [0.4, 0.5) is 4.39 Å². The fourth-order valence-electron chi connectivity index (χ4n) is 1.94. The molecule has 3 heterocycles. The Morgan fingerprint density at radius 3 is 3.07 bits per heavy atom. The summed E-state index contributed by atoms with van der Waals surface area (Å²) in [4.78, 5) is 6.31. The molecule has 2 aromatic rings. The fourth-order valence-corrected chi connectivity index (χ4v) is 1.94. The molecule has 3 nitrogen and oxygen atoms in total. The van der Waals surface area contributed by atoms with Crippen molar-refractivity contribution in [2.24, 2.45) is 0 Å². The average molecular weight is 205 g/mol. The van der Waals surface area contributed by atoms with Crippen molar-refractivity contribution in [2.45, 2.75) is 12.7 Å². The summed E-state index contributed by atoms with van der Waals surface area (Å²) < 4.78 is 14.6. The zero-order valence-corrected chi connectivity index (χ0v) is 8.31. The number of alkyl halides is 1. The molecule has 0 spiro atoms. The molecule has 0 aliphatic carbocycles. The molecule has 0 atom stereocenters. The third kappa shape index (κ3) is 1.61. The van der Waals surface area contributed by atoms with Crippen LogP contribution in [0.15, 0.2) is 30.7 Å². The van der Waals surface area contributed by atoms with Gasteiger partial charge in [0.1, 0.15) is 11.8 Å². The first-order chi connectivity index (χ1) is 7.31. The van der Waals surface area contributed by atoms with E-state index in [0.717, 1.165) is 12.2 Å². The van der Waals surface area contributed by atoms with Crippen molar-refractivity contribution in [1.82, 2.24) is 14.3 Å². The Bertz CT molecular complexity index is 473. The highest BCUT2D eigenvalue weighted by molar-refractivity contribution is 5.41. The lowest BCUT2D eigenvalue weighted by Crippen LogP contribution is -2.47. The highest BCUT2D eigenvalue weighted by Crippen LogP contribution is 2.16. The second kappa shape index (κ2) is 3.31. The van der Waals surface area contributed by atoms with Gasteiger partial charge in [0.15, 0.2) is 0 Å². The standard InChI is InChI=1S/C11H12FN3/c12-10-7-14(8-10)6-9-1-3-15-4-2-13-11(15)5-9/h1-5,10H,6-8H2. The second-order valence-corrected chi connectivity index (χ2v) is 4.02. The van der Waals surface area contributed by atoms with Gasteiger partial charge in [0.25, 0.3) is 0 Å². The van der Waals surface area contributed by atoms with Gasteiger partial charge in [0.05, 0.1) is 0 Å². The number of fused-ring (bicyclic) bond motifs is 1. The third-order valence-corrected chi connectivity index (χ3v) is 2.78. The minimum Gasteiger partial charge on any atom is -0.307 e. The predicted molar refractivity (Wildman–Crippen MR) is 55.4 cm³/mol. The molecule has 1 aliphatic heterocycles. The zero-order valence-electron chi connectivity index (χ0n) is 8.31. The van der Waals surface area contributed by atoms with Gasteiger partial charge in [0.2, 0.25) is 0 Å². The van der Waals surface area contributed by atoms with Crippen LogP contribution in [0, 0.1) is 0 Å². The molecular weight excluding hydrogens is 193 g/mol. The number of hydrogen-bond donors (Lipinski definition) is 0. The number of likely N-dealkylation sites (tertiary alicyclic amines) is 1. The largest absolute Gasteiger partial charge is 0.307 e. The number of pyridine rings is 1. The van der Waals surface area contributed by atoms with Crippen LogP contribution >= 0.6 is 0 Å². The topological polar surface area (TPSA) is 20.5 Å². The van der Waals surface area contributed by atoms with Crippen molar-refractivity contribution < 1.29 is 4.39 Å². The molecular formula is C11H12FN3. The van der Waals surface area contributed by atoms with E-state index in [0.29, 0.717) is 13.1 Å². The molecule has 0 unspecified atom stereocenters. The summed E-state index contributed by atoms with van der Waals surface area (Å²) >= 11 is 0. The molecule has 0 aromatic carbocycles. The molecule has 0 N–H and O–H groups in total. The number of nitrogens with zero attached hydrogens (tertiary/aromatic N) is 3. The third-order valence-electron chi connectivity index (χ3n) is 2.78. The quantitative estimate of drug-likeness (QED) is 0.740. The van der Waals surface area contributed by atoms with Crippen LogP contribution in [0.3, 0.4) is 0 Å². The molecule has 0 amide bonds. The highest BCUT2D eigenvalue weighted by atomic mass is 19.1. The van der Waals surface area contributed by atoms with Gasteiger partial charge in [-0.15, -0.1) is 0 Å². The first-order valence-electron chi connectivity index (χ1n) is 5.09. The Kier molecular flexibility index (Phi) is 1.95. The van der Waals surface area contributed by atoms with E-state index in [1.54, 1.807) is 6.20 Å². The summed E-state index contributed by atoms with van der Waals surface area (Å²) in [5.41, 5.74) is 2.14. The normalized spacial score (nSPS) is 18.2. The van der Waals surface area contributed by atoms with E-state index in [4.69, 9.17) is 0 Å². The lowest BCUT2D eigenvalue weighted by atomic mass is 10.1. The molecule has 3 rings (SSSR count). The van der Waals surface area contributed by atoms with Crippen molar-refractivity contribution in [3.8, 4) is 0 Å². The fraction of sp³-hybridized carbons (Fsp3) is 0.364. The number of hydrogen-bond acceptors (Lipinski definition) is 2. The van der Waals surface area contributed by atoms with Gasteiger partial charge in [-0.3, -0.25) is 4.90 Å². The van der Waals surface area contributed by atoms with Crippen LogP contribution in [0.2, 0.25) is 0 Å². The van der Waals surface area contributed by atoms with Crippen LogP contribution in [0.1, 0.15) is 5.56 Å². The van der Waals surface area contributed by atoms with Crippen molar-refractivity contribution in [3.63, 3.8) is 0 Å². The Morgan fingerprint density at radius 2 is 2.27 bits per heavy atom. The van der Waals surface area contributed by atoms with E-state index in [2.05, 4.69) is 16.0 Å². The summed E-state index contributed by atoms with van der Waals surface area (Å²) in [6, 6.07) is 4.10. The SMILES string of the molecule is FC1CN(Cc2ccn3ccnc3c2)C1. The minimum absolute atomic E-state index is 0.569. The van der Waals surface area contributed by atoms with Crippen molar-refractivity contribution >= 4 is 5.65 Å². The molecule has 2 aromatic heterocycles. The molecule has 1 fully saturated rings. The summed E-state index contributed by atoms with van der Waals surface area (Å²) in [6.07, 6.45) is 5.06. The predicted octanol–water partition coefficient (Wildman–Crippen LogP) is 1.49. The van der Waals surface area contributed by atoms with Gasteiger partial charge in [-0.2, -0.15) is 0 Å². The Morgan fingerprint density at radius 1 is 1.40 bits per heavy atom. The molecule has 4 heteroatoms. The summed E-state index contributed by atoms with van der Waals surface area (Å²) in [5.74, 6) is 0. The highest BCUT2D eigenvalue weighted by Gasteiger charge is 2.25. The maximum absolute atomic E-state index is 12.6. The van der Waals surface area contributed by atoms with E-state index in [1.165, 1.54) is 5.56 Å². The van der Waals surface area contributed by atoms with Gasteiger partial charge >= 0.3 is 0 Å². The Labute approximate surface area is 87.1 Å². The molecule has 0 saturated carbocycles. The first-order valence-corrected chi connectivity index (χ1v) is 5.09. The number of rotatable bonds is 2. The van der Waals surface area contributed by atoms with Crippen LogP contribution in [-0.2, 0) is 6.54 Å². The smallest absolute Gasteiger partial charge is 0.136 e. The molecule has 0 radical (unpaired) electrons. The van der Waals surface area contributed by atoms with E-state index in [-0.39, 0.29) is 0 Å². The van der Waals surface area contributed by atoms with Gasteiger partial charge in [-0.1, -0.05) is 0 Å². The maximum Gasteiger partial charge on any atom is 0.136 e. The van der Waals surface area contributed by atoms with Crippen molar-refractivity contribution in [3.05, 3.63) is 36.3 Å². The minimum atomic E-state index is -0.625. The lowest BCUT2D eigenvalue weighted by Gasteiger charge is -2.34. The van der Waals surface area contributed by atoms with Gasteiger partial charge < -0.3 is 4.40 Å². The van der Waals surface area contributed by atoms with E-state index in [9.17, 15) is 4.39 Å². The van der Waals surface area contributed by atoms with E-state index in [1.807, 2.05) is 22.9 Å². The molecule has 1 saturated heterocycles. The van der Waals surface area contributed by atoms with Crippen LogP contribution in [-0.4, -0.2) is 33.5 Å². The maximum atomic E-state index is 12.6. The average Bonchev–Trinajstić information content (AvgIpc) is 2.62. The van der Waals surface area contributed by atoms with E-state index >= 15 is 0 Å². The number of aromatic nitrogens is 2.